The Hall–Kier alpha value is -3.30. The van der Waals surface area contributed by atoms with E-state index in [1.807, 2.05) is 30.1 Å². The van der Waals surface area contributed by atoms with Gasteiger partial charge in [-0.3, -0.25) is 14.9 Å². The Labute approximate surface area is 201 Å². The van der Waals surface area contributed by atoms with Crippen LogP contribution in [0.3, 0.4) is 0 Å². The van der Waals surface area contributed by atoms with Crippen LogP contribution in [0.4, 0.5) is 10.5 Å². The zero-order valence-electron chi connectivity index (χ0n) is 20.4. The predicted octanol–water partition coefficient (Wildman–Crippen LogP) is 2.20. The molecule has 1 fully saturated rings. The lowest BCUT2D eigenvalue weighted by molar-refractivity contribution is -0.132. The number of guanidine groups is 1. The van der Waals surface area contributed by atoms with Gasteiger partial charge in [-0.05, 0) is 37.5 Å². The highest BCUT2D eigenvalue weighted by molar-refractivity contribution is 5.99. The number of primary amides is 1. The quantitative estimate of drug-likeness (QED) is 0.562. The first-order chi connectivity index (χ1) is 16.2. The van der Waals surface area contributed by atoms with Gasteiger partial charge in [-0.15, -0.1) is 0 Å². The lowest BCUT2D eigenvalue weighted by atomic mass is 9.94. The van der Waals surface area contributed by atoms with Gasteiger partial charge in [0.05, 0.1) is 18.8 Å². The average Bonchev–Trinajstić information content (AvgIpc) is 2.81. The highest BCUT2D eigenvalue weighted by atomic mass is 16.5. The second-order valence-electron chi connectivity index (χ2n) is 9.12. The van der Waals surface area contributed by atoms with Crippen molar-refractivity contribution in [1.82, 2.24) is 20.0 Å². The van der Waals surface area contributed by atoms with Crippen molar-refractivity contribution in [1.29, 1.82) is 0 Å². The lowest BCUT2D eigenvalue weighted by Gasteiger charge is -2.31. The molecule has 0 aromatic heterocycles. The summed E-state index contributed by atoms with van der Waals surface area (Å²) in [6.45, 7) is 0.710. The molecule has 0 atom stereocenters. The molecule has 0 spiro atoms. The summed E-state index contributed by atoms with van der Waals surface area (Å²) in [7, 11) is 5.16. The van der Waals surface area contributed by atoms with E-state index in [0.29, 0.717) is 43.5 Å². The van der Waals surface area contributed by atoms with Crippen molar-refractivity contribution in [2.75, 3.05) is 34.3 Å². The van der Waals surface area contributed by atoms with E-state index in [1.54, 1.807) is 19.0 Å². The van der Waals surface area contributed by atoms with Crippen LogP contribution in [0.5, 0.6) is 5.75 Å². The van der Waals surface area contributed by atoms with Crippen molar-refractivity contribution in [2.45, 2.75) is 57.5 Å². The van der Waals surface area contributed by atoms with Crippen LogP contribution in [-0.2, 0) is 16.1 Å². The third kappa shape index (κ3) is 6.85. The minimum atomic E-state index is -0.523. The molecule has 1 aromatic rings. The number of carbonyl (C=O) groups is 3. The van der Waals surface area contributed by atoms with E-state index in [-0.39, 0.29) is 24.4 Å². The first kappa shape index (κ1) is 25.3. The van der Waals surface area contributed by atoms with Crippen molar-refractivity contribution in [3.05, 3.63) is 23.8 Å². The van der Waals surface area contributed by atoms with Crippen molar-refractivity contribution in [3.63, 3.8) is 0 Å². The minimum absolute atomic E-state index is 0.0757. The largest absolute Gasteiger partial charge is 0.494 e. The maximum Gasteiger partial charge on any atom is 0.323 e. The van der Waals surface area contributed by atoms with Crippen molar-refractivity contribution in [2.24, 2.45) is 10.7 Å². The molecule has 1 aliphatic carbocycles. The van der Waals surface area contributed by atoms with E-state index in [0.717, 1.165) is 18.4 Å². The molecule has 0 bridgehead atoms. The van der Waals surface area contributed by atoms with Gasteiger partial charge in [0.1, 0.15) is 5.75 Å². The fourth-order valence-corrected chi connectivity index (χ4v) is 4.25. The fourth-order valence-electron chi connectivity index (χ4n) is 4.25. The van der Waals surface area contributed by atoms with Gasteiger partial charge >= 0.3 is 6.03 Å². The Bertz CT molecular complexity index is 926. The summed E-state index contributed by atoms with van der Waals surface area (Å²) in [5.41, 5.74) is 6.93. The number of rotatable bonds is 8. The number of hydrogen-bond donors (Lipinski definition) is 2. The van der Waals surface area contributed by atoms with Gasteiger partial charge < -0.3 is 25.2 Å². The number of nitrogens with zero attached hydrogens (tertiary/aromatic N) is 4. The lowest BCUT2D eigenvalue weighted by Crippen LogP contribution is -2.50. The fraction of sp³-hybridized carbons (Fsp3) is 0.583. The SMILES string of the molecule is CN(C)C(=O)NC1=Nc2ccc(OCCCC(=O)N(C)C3CCCCC3)cc2CN1CC(N)=O. The number of fused-ring (bicyclic) bond motifs is 1. The normalized spacial score (nSPS) is 15.7. The molecule has 0 saturated heterocycles. The predicted molar refractivity (Wildman–Crippen MR) is 130 cm³/mol. The van der Waals surface area contributed by atoms with Crippen LogP contribution in [0.15, 0.2) is 23.2 Å². The summed E-state index contributed by atoms with van der Waals surface area (Å²) in [5.74, 6) is 0.594. The number of carbonyl (C=O) groups excluding carboxylic acids is 3. The molecular weight excluding hydrogens is 436 g/mol. The van der Waals surface area contributed by atoms with Crippen LogP contribution in [0.2, 0.25) is 0 Å². The van der Waals surface area contributed by atoms with Crippen LogP contribution in [0, 0.1) is 0 Å². The molecule has 1 aromatic carbocycles. The molecule has 1 aliphatic heterocycles. The molecule has 0 unspecified atom stereocenters. The standard InChI is InChI=1S/C24H36N6O4/c1-28(2)24(33)27-23-26-20-12-11-19(14-17(20)15-30(23)16-21(25)31)34-13-7-10-22(32)29(3)18-8-5-4-6-9-18/h11-12,14,18H,4-10,13,15-16H2,1-3H3,(H2,25,31)(H,26,27,33). The third-order valence-corrected chi connectivity index (χ3v) is 6.23. The summed E-state index contributed by atoms with van der Waals surface area (Å²) < 4.78 is 5.88. The highest BCUT2D eigenvalue weighted by Gasteiger charge is 2.24. The Morgan fingerprint density at radius 1 is 1.18 bits per heavy atom. The molecule has 1 heterocycles. The zero-order chi connectivity index (χ0) is 24.7. The first-order valence-electron chi connectivity index (χ1n) is 11.9. The smallest absolute Gasteiger partial charge is 0.323 e. The van der Waals surface area contributed by atoms with E-state index in [9.17, 15) is 14.4 Å². The third-order valence-electron chi connectivity index (χ3n) is 6.23. The van der Waals surface area contributed by atoms with Crippen LogP contribution in [0.1, 0.15) is 50.5 Å². The van der Waals surface area contributed by atoms with Gasteiger partial charge in [0, 0.05) is 45.7 Å². The Morgan fingerprint density at radius 3 is 2.59 bits per heavy atom. The van der Waals surface area contributed by atoms with Crippen molar-refractivity contribution in [3.8, 4) is 5.75 Å². The molecule has 3 rings (SSSR count). The highest BCUT2D eigenvalue weighted by Crippen LogP contribution is 2.29. The first-order valence-corrected chi connectivity index (χ1v) is 11.9. The van der Waals surface area contributed by atoms with Gasteiger partial charge in [0.25, 0.3) is 0 Å². The Morgan fingerprint density at radius 2 is 1.91 bits per heavy atom. The number of nitrogens with one attached hydrogen (secondary N) is 1. The summed E-state index contributed by atoms with van der Waals surface area (Å²) >= 11 is 0. The number of hydrogen-bond acceptors (Lipinski definition) is 6. The molecule has 186 valence electrons. The molecule has 3 N–H and O–H groups in total. The van der Waals surface area contributed by atoms with Crippen LogP contribution in [0.25, 0.3) is 0 Å². The molecule has 4 amide bonds. The van der Waals surface area contributed by atoms with E-state index in [4.69, 9.17) is 10.5 Å². The molecule has 34 heavy (non-hydrogen) atoms. The second kappa shape index (κ2) is 11.7. The van der Waals surface area contributed by atoms with E-state index < -0.39 is 5.91 Å². The number of urea groups is 1. The minimum Gasteiger partial charge on any atom is -0.494 e. The van der Waals surface area contributed by atoms with Gasteiger partial charge in [0.15, 0.2) is 0 Å². The van der Waals surface area contributed by atoms with Crippen LogP contribution >= 0.6 is 0 Å². The molecule has 10 nitrogen and oxygen atoms in total. The average molecular weight is 473 g/mol. The second-order valence-corrected chi connectivity index (χ2v) is 9.12. The van der Waals surface area contributed by atoms with E-state index >= 15 is 0 Å². The number of benzene rings is 1. The van der Waals surface area contributed by atoms with Crippen LogP contribution in [-0.4, -0.2) is 78.8 Å². The zero-order valence-corrected chi connectivity index (χ0v) is 20.4. The Balaban J connectivity index is 1.56. The number of amides is 4. The van der Waals surface area contributed by atoms with Gasteiger partial charge in [-0.25, -0.2) is 9.79 Å². The molecular formula is C24H36N6O4. The topological polar surface area (TPSA) is 121 Å². The van der Waals surface area contributed by atoms with E-state index in [2.05, 4.69) is 10.3 Å². The van der Waals surface area contributed by atoms with Gasteiger partial charge in [-0.2, -0.15) is 0 Å². The summed E-state index contributed by atoms with van der Waals surface area (Å²) in [6.07, 6.45) is 6.98. The van der Waals surface area contributed by atoms with E-state index in [1.165, 1.54) is 24.2 Å². The van der Waals surface area contributed by atoms with Crippen molar-refractivity contribution < 1.29 is 19.1 Å². The molecule has 2 aliphatic rings. The van der Waals surface area contributed by atoms with Crippen molar-refractivity contribution >= 4 is 29.5 Å². The number of ether oxygens (including phenoxy) is 1. The van der Waals surface area contributed by atoms with Crippen LogP contribution < -0.4 is 15.8 Å². The maximum atomic E-state index is 12.5. The summed E-state index contributed by atoms with van der Waals surface area (Å²) in [5, 5.41) is 2.70. The monoisotopic (exact) mass is 472 g/mol. The van der Waals surface area contributed by atoms with Gasteiger partial charge in [-0.1, -0.05) is 19.3 Å². The number of aliphatic imine (C=N–C) groups is 1. The number of nitrogens with two attached hydrogens (primary N) is 1. The summed E-state index contributed by atoms with van der Waals surface area (Å²) in [4.78, 5) is 45.5. The summed E-state index contributed by atoms with van der Waals surface area (Å²) in [6, 6.07) is 5.52. The maximum absolute atomic E-state index is 12.5. The Kier molecular flexibility index (Phi) is 8.72. The molecule has 1 saturated carbocycles. The molecule has 0 radical (unpaired) electrons. The molecule has 10 heteroatoms. The van der Waals surface area contributed by atoms with Gasteiger partial charge in [0.2, 0.25) is 17.8 Å².